The first-order chi connectivity index (χ1) is 7.65. The highest BCUT2D eigenvalue weighted by Gasteiger charge is 2.24. The van der Waals surface area contributed by atoms with Crippen LogP contribution in [0.25, 0.3) is 0 Å². The Kier molecular flexibility index (Phi) is 4.90. The zero-order chi connectivity index (χ0) is 12.0. The second-order valence-electron chi connectivity index (χ2n) is 4.25. The number of nitrogens with zero attached hydrogens (tertiary/aromatic N) is 1. The molecule has 16 heavy (non-hydrogen) atoms. The van der Waals surface area contributed by atoms with Gasteiger partial charge in [-0.15, -0.1) is 0 Å². The van der Waals surface area contributed by atoms with Gasteiger partial charge in [0.2, 0.25) is 0 Å². The Bertz CT molecular complexity index is 313. The molecule has 0 fully saturated rings. The molecule has 0 aromatic carbocycles. The third-order valence-corrected chi connectivity index (χ3v) is 3.14. The predicted octanol–water partition coefficient (Wildman–Crippen LogP) is 2.42. The number of rotatable bonds is 6. The Morgan fingerprint density at radius 2 is 2.00 bits per heavy atom. The van der Waals surface area contributed by atoms with E-state index in [1.54, 1.807) is 0 Å². The lowest BCUT2D eigenvalue weighted by Gasteiger charge is -2.30. The second-order valence-corrected chi connectivity index (χ2v) is 4.25. The molecule has 0 saturated carbocycles. The van der Waals surface area contributed by atoms with Crippen molar-refractivity contribution in [2.75, 3.05) is 6.54 Å². The van der Waals surface area contributed by atoms with Gasteiger partial charge in [-0.05, 0) is 30.9 Å². The predicted molar refractivity (Wildman–Crippen MR) is 66.1 cm³/mol. The normalized spacial score (nSPS) is 11.8. The van der Waals surface area contributed by atoms with Gasteiger partial charge in [0.05, 0.1) is 12.2 Å². The van der Waals surface area contributed by atoms with Gasteiger partial charge in [0.1, 0.15) is 0 Å². The summed E-state index contributed by atoms with van der Waals surface area (Å²) in [7, 11) is 0. The molecule has 0 aliphatic rings. The molecule has 2 N–H and O–H groups in total. The number of hydrogen-bond donors (Lipinski definition) is 1. The van der Waals surface area contributed by atoms with Crippen LogP contribution in [0.5, 0.6) is 0 Å². The van der Waals surface area contributed by atoms with E-state index in [1.807, 2.05) is 19.3 Å². The van der Waals surface area contributed by atoms with Crippen LogP contribution in [-0.4, -0.2) is 17.1 Å². The molecule has 3 heteroatoms. The largest absolute Gasteiger partial charge is 0.369 e. The van der Waals surface area contributed by atoms with Crippen molar-refractivity contribution in [3.63, 3.8) is 0 Å². The van der Waals surface area contributed by atoms with E-state index in [1.165, 1.54) is 0 Å². The number of aromatic nitrogens is 1. The van der Waals surface area contributed by atoms with E-state index in [4.69, 9.17) is 10.5 Å². The van der Waals surface area contributed by atoms with E-state index in [0.29, 0.717) is 13.2 Å². The van der Waals surface area contributed by atoms with Crippen LogP contribution in [0.15, 0.2) is 18.5 Å². The van der Waals surface area contributed by atoms with Gasteiger partial charge in [0.25, 0.3) is 0 Å². The zero-order valence-corrected chi connectivity index (χ0v) is 10.5. The molecule has 90 valence electrons. The van der Waals surface area contributed by atoms with Crippen molar-refractivity contribution in [1.29, 1.82) is 0 Å². The lowest BCUT2D eigenvalue weighted by atomic mass is 9.97. The smallest absolute Gasteiger partial charge is 0.0803 e. The molecule has 0 spiro atoms. The molecule has 0 bridgehead atoms. The van der Waals surface area contributed by atoms with Crippen LogP contribution in [0, 0.1) is 6.92 Å². The SMILES string of the molecule is CCC(CC)(CN)OCc1cncc(C)c1. The Morgan fingerprint density at radius 3 is 2.50 bits per heavy atom. The molecular formula is C13H22N2O. The van der Waals surface area contributed by atoms with E-state index < -0.39 is 0 Å². The molecular weight excluding hydrogens is 200 g/mol. The van der Waals surface area contributed by atoms with Crippen LogP contribution in [0.3, 0.4) is 0 Å². The van der Waals surface area contributed by atoms with Crippen molar-refractivity contribution in [1.82, 2.24) is 4.98 Å². The summed E-state index contributed by atoms with van der Waals surface area (Å²) in [5.74, 6) is 0. The fourth-order valence-corrected chi connectivity index (χ4v) is 1.73. The molecule has 3 nitrogen and oxygen atoms in total. The van der Waals surface area contributed by atoms with Crippen LogP contribution >= 0.6 is 0 Å². The van der Waals surface area contributed by atoms with Crippen molar-refractivity contribution < 1.29 is 4.74 Å². The van der Waals surface area contributed by atoms with Gasteiger partial charge in [-0.2, -0.15) is 0 Å². The van der Waals surface area contributed by atoms with E-state index in [9.17, 15) is 0 Å². The first-order valence-corrected chi connectivity index (χ1v) is 5.90. The Morgan fingerprint density at radius 1 is 1.31 bits per heavy atom. The molecule has 0 aliphatic heterocycles. The van der Waals surface area contributed by atoms with E-state index in [0.717, 1.165) is 24.0 Å². The van der Waals surface area contributed by atoms with Crippen molar-refractivity contribution in [3.8, 4) is 0 Å². The van der Waals surface area contributed by atoms with Crippen LogP contribution in [0.4, 0.5) is 0 Å². The molecule has 0 aliphatic carbocycles. The monoisotopic (exact) mass is 222 g/mol. The van der Waals surface area contributed by atoms with E-state index >= 15 is 0 Å². The summed E-state index contributed by atoms with van der Waals surface area (Å²) in [4.78, 5) is 4.15. The Hall–Kier alpha value is -0.930. The van der Waals surface area contributed by atoms with Crippen LogP contribution in [-0.2, 0) is 11.3 Å². The number of nitrogens with two attached hydrogens (primary N) is 1. The van der Waals surface area contributed by atoms with Crippen LogP contribution < -0.4 is 5.73 Å². The van der Waals surface area contributed by atoms with Gasteiger partial charge in [-0.25, -0.2) is 0 Å². The van der Waals surface area contributed by atoms with Gasteiger partial charge in [-0.1, -0.05) is 19.9 Å². The summed E-state index contributed by atoms with van der Waals surface area (Å²) in [6, 6.07) is 2.10. The maximum atomic E-state index is 5.95. The van der Waals surface area contributed by atoms with E-state index in [2.05, 4.69) is 24.9 Å². The van der Waals surface area contributed by atoms with Gasteiger partial charge < -0.3 is 10.5 Å². The zero-order valence-electron chi connectivity index (χ0n) is 10.5. The van der Waals surface area contributed by atoms with Gasteiger partial charge >= 0.3 is 0 Å². The molecule has 0 atom stereocenters. The standard InChI is InChI=1S/C13H22N2O/c1-4-13(5-2,10-14)16-9-12-6-11(3)7-15-8-12/h6-8H,4-5,9-10,14H2,1-3H3. The number of hydrogen-bond acceptors (Lipinski definition) is 3. The average Bonchev–Trinajstić information content (AvgIpc) is 2.32. The summed E-state index contributed by atoms with van der Waals surface area (Å²) < 4.78 is 5.95. The van der Waals surface area contributed by atoms with Crippen molar-refractivity contribution in [2.45, 2.75) is 45.8 Å². The number of aryl methyl sites for hydroxylation is 1. The maximum absolute atomic E-state index is 5.95. The third kappa shape index (κ3) is 3.29. The molecule has 1 rings (SSSR count). The topological polar surface area (TPSA) is 48.1 Å². The highest BCUT2D eigenvalue weighted by atomic mass is 16.5. The minimum atomic E-state index is -0.177. The average molecular weight is 222 g/mol. The lowest BCUT2D eigenvalue weighted by Crippen LogP contribution is -2.39. The maximum Gasteiger partial charge on any atom is 0.0803 e. The molecule has 1 heterocycles. The quantitative estimate of drug-likeness (QED) is 0.804. The van der Waals surface area contributed by atoms with Gasteiger partial charge in [0, 0.05) is 18.9 Å². The molecule has 0 unspecified atom stereocenters. The van der Waals surface area contributed by atoms with Crippen molar-refractivity contribution >= 4 is 0 Å². The van der Waals surface area contributed by atoms with E-state index in [-0.39, 0.29) is 5.60 Å². The third-order valence-electron chi connectivity index (χ3n) is 3.14. The summed E-state index contributed by atoms with van der Waals surface area (Å²) in [6.45, 7) is 7.43. The minimum absolute atomic E-state index is 0.177. The number of ether oxygens (including phenoxy) is 1. The Labute approximate surface area is 98.0 Å². The molecule has 1 aromatic rings. The molecule has 0 radical (unpaired) electrons. The highest BCUT2D eigenvalue weighted by molar-refractivity contribution is 5.15. The highest BCUT2D eigenvalue weighted by Crippen LogP contribution is 2.20. The number of pyridine rings is 1. The minimum Gasteiger partial charge on any atom is -0.369 e. The Balaban J connectivity index is 2.62. The van der Waals surface area contributed by atoms with Crippen LogP contribution in [0.1, 0.15) is 37.8 Å². The van der Waals surface area contributed by atoms with Crippen LogP contribution in [0.2, 0.25) is 0 Å². The molecule has 0 saturated heterocycles. The summed E-state index contributed by atoms with van der Waals surface area (Å²) >= 11 is 0. The fourth-order valence-electron chi connectivity index (χ4n) is 1.73. The summed E-state index contributed by atoms with van der Waals surface area (Å²) in [5.41, 5.74) is 7.88. The fraction of sp³-hybridized carbons (Fsp3) is 0.615. The van der Waals surface area contributed by atoms with Crippen molar-refractivity contribution in [3.05, 3.63) is 29.6 Å². The summed E-state index contributed by atoms with van der Waals surface area (Å²) in [5, 5.41) is 0. The molecule has 1 aromatic heterocycles. The molecule has 0 amide bonds. The second kappa shape index (κ2) is 5.97. The van der Waals surface area contributed by atoms with Gasteiger partial charge in [0.15, 0.2) is 0 Å². The first-order valence-electron chi connectivity index (χ1n) is 5.90. The first kappa shape index (κ1) is 13.1. The lowest BCUT2D eigenvalue weighted by molar-refractivity contribution is -0.0554. The van der Waals surface area contributed by atoms with Crippen molar-refractivity contribution in [2.24, 2.45) is 5.73 Å². The summed E-state index contributed by atoms with van der Waals surface area (Å²) in [6.07, 6.45) is 5.58. The van der Waals surface area contributed by atoms with Gasteiger partial charge in [-0.3, -0.25) is 4.98 Å².